The van der Waals surface area contributed by atoms with Gasteiger partial charge in [-0.1, -0.05) is 15.9 Å². The number of benzene rings is 1. The van der Waals surface area contributed by atoms with Gasteiger partial charge in [-0.05, 0) is 6.07 Å². The average molecular weight is 396 g/mol. The van der Waals surface area contributed by atoms with Crippen molar-refractivity contribution in [2.24, 2.45) is 0 Å². The van der Waals surface area contributed by atoms with Crippen LogP contribution >= 0.6 is 27.5 Å². The second kappa shape index (κ2) is 8.61. The summed E-state index contributed by atoms with van der Waals surface area (Å²) in [6.07, 6.45) is 0. The van der Waals surface area contributed by atoms with Crippen LogP contribution in [-0.2, 0) is 0 Å². The van der Waals surface area contributed by atoms with Gasteiger partial charge in [-0.25, -0.2) is 5.01 Å². The number of nitrogens with one attached hydrogen (secondary N) is 1. The fourth-order valence-corrected chi connectivity index (χ4v) is 2.24. The molecule has 0 aliphatic carbocycles. The maximum absolute atomic E-state index is 12.1. The summed E-state index contributed by atoms with van der Waals surface area (Å²) >= 11 is 8.82. The third-order valence-corrected chi connectivity index (χ3v) is 3.13. The van der Waals surface area contributed by atoms with Crippen molar-refractivity contribution < 1.29 is 14.6 Å². The highest BCUT2D eigenvalue weighted by atomic mass is 79.9. The molecule has 0 saturated carbocycles. The van der Waals surface area contributed by atoms with Crippen LogP contribution in [0.5, 0.6) is 0 Å². The van der Waals surface area contributed by atoms with Crippen molar-refractivity contribution in [2.75, 3.05) is 24.3 Å². The normalized spacial score (nSPS) is 10.5. The van der Waals surface area contributed by atoms with Crippen LogP contribution in [0, 0.1) is 20.2 Å². The van der Waals surface area contributed by atoms with E-state index in [1.807, 2.05) is 0 Å². The molecule has 0 bridgehead atoms. The summed E-state index contributed by atoms with van der Waals surface area (Å²) in [5.41, 5.74) is 1.14. The molecule has 0 heterocycles. The van der Waals surface area contributed by atoms with Crippen LogP contribution in [0.15, 0.2) is 18.2 Å². The van der Waals surface area contributed by atoms with Gasteiger partial charge in [0.2, 0.25) is 0 Å². The molecule has 120 valence electrons. The van der Waals surface area contributed by atoms with Crippen molar-refractivity contribution in [3.05, 3.63) is 44.0 Å². The summed E-state index contributed by atoms with van der Waals surface area (Å²) in [6.45, 7) is 0.791. The van der Waals surface area contributed by atoms with Crippen LogP contribution in [0.4, 0.5) is 11.4 Å². The first kappa shape index (κ1) is 18.3. The standard InChI is InChI=1S/C11H12BrClN4O5/c12-3-5-15(6-4-13)14-11(18)9-2-1-8(16(19)20)7-10(9)17(21)22/h1-2,7H,3-6H2,(H,14,18). The smallest absolute Gasteiger partial charge is 0.284 e. The Bertz CT molecular complexity index is 580. The third kappa shape index (κ3) is 4.90. The average Bonchev–Trinajstić information content (AvgIpc) is 2.46. The molecule has 0 aliphatic rings. The van der Waals surface area contributed by atoms with Crippen molar-refractivity contribution in [1.29, 1.82) is 0 Å². The van der Waals surface area contributed by atoms with Crippen molar-refractivity contribution >= 4 is 44.8 Å². The minimum Gasteiger partial charge on any atom is -0.284 e. The fraction of sp³-hybridized carbons (Fsp3) is 0.364. The van der Waals surface area contributed by atoms with Gasteiger partial charge in [-0.15, -0.1) is 11.6 Å². The van der Waals surface area contributed by atoms with Gasteiger partial charge in [-0.2, -0.15) is 0 Å². The number of non-ortho nitro benzene ring substituents is 1. The number of nitrogens with zero attached hydrogens (tertiary/aromatic N) is 3. The van der Waals surface area contributed by atoms with E-state index in [4.69, 9.17) is 11.6 Å². The molecule has 0 radical (unpaired) electrons. The molecule has 0 spiro atoms. The monoisotopic (exact) mass is 394 g/mol. The van der Waals surface area contributed by atoms with Crippen LogP contribution in [0.3, 0.4) is 0 Å². The molecule has 0 aliphatic heterocycles. The van der Waals surface area contributed by atoms with E-state index >= 15 is 0 Å². The predicted octanol–water partition coefficient (Wildman–Crippen LogP) is 2.08. The van der Waals surface area contributed by atoms with E-state index in [0.717, 1.165) is 18.2 Å². The van der Waals surface area contributed by atoms with Gasteiger partial charge in [0.25, 0.3) is 17.3 Å². The van der Waals surface area contributed by atoms with E-state index in [9.17, 15) is 25.0 Å². The summed E-state index contributed by atoms with van der Waals surface area (Å²) in [4.78, 5) is 32.2. The third-order valence-electron chi connectivity index (χ3n) is 2.60. The Morgan fingerprint density at radius 1 is 1.27 bits per heavy atom. The van der Waals surface area contributed by atoms with Gasteiger partial charge >= 0.3 is 0 Å². The summed E-state index contributed by atoms with van der Waals surface area (Å²) in [5, 5.41) is 23.7. The first-order valence-electron chi connectivity index (χ1n) is 6.01. The number of hydrogen-bond acceptors (Lipinski definition) is 6. The van der Waals surface area contributed by atoms with E-state index in [1.54, 1.807) is 0 Å². The van der Waals surface area contributed by atoms with Crippen molar-refractivity contribution in [3.63, 3.8) is 0 Å². The molecule has 0 unspecified atom stereocenters. The lowest BCUT2D eigenvalue weighted by molar-refractivity contribution is -0.394. The topological polar surface area (TPSA) is 119 Å². The number of amides is 1. The minimum absolute atomic E-state index is 0.259. The van der Waals surface area contributed by atoms with Crippen LogP contribution in [0.1, 0.15) is 10.4 Å². The summed E-state index contributed by atoms with van der Waals surface area (Å²) in [6, 6.07) is 2.85. The molecule has 11 heteroatoms. The number of rotatable bonds is 8. The van der Waals surface area contributed by atoms with E-state index in [2.05, 4.69) is 21.4 Å². The van der Waals surface area contributed by atoms with Gasteiger partial charge in [0, 0.05) is 30.4 Å². The lowest BCUT2D eigenvalue weighted by Crippen LogP contribution is -2.44. The largest absolute Gasteiger partial charge is 0.289 e. The summed E-state index contributed by atoms with van der Waals surface area (Å²) in [7, 11) is 0. The maximum atomic E-state index is 12.1. The van der Waals surface area contributed by atoms with Crippen LogP contribution in [0.2, 0.25) is 0 Å². The molecule has 0 saturated heterocycles. The van der Waals surface area contributed by atoms with Crippen LogP contribution in [-0.4, -0.2) is 45.1 Å². The predicted molar refractivity (Wildman–Crippen MR) is 83.3 cm³/mol. The molecule has 22 heavy (non-hydrogen) atoms. The zero-order chi connectivity index (χ0) is 16.7. The number of hydrogen-bond donors (Lipinski definition) is 1. The molecule has 0 aromatic heterocycles. The molecule has 1 rings (SSSR count). The number of carbonyl (C=O) groups excluding carboxylic acids is 1. The number of halogens is 2. The van der Waals surface area contributed by atoms with E-state index < -0.39 is 27.1 Å². The van der Waals surface area contributed by atoms with Gasteiger partial charge in [-0.3, -0.25) is 30.4 Å². The SMILES string of the molecule is O=C(NN(CCCl)CCBr)c1ccc([N+](=O)[O-])cc1[N+](=O)[O-]. The lowest BCUT2D eigenvalue weighted by atomic mass is 10.1. The second-order valence-electron chi connectivity index (χ2n) is 4.02. The number of carbonyl (C=O) groups is 1. The van der Waals surface area contributed by atoms with E-state index in [1.165, 1.54) is 5.01 Å². The molecular formula is C11H12BrClN4O5. The maximum Gasteiger partial charge on any atom is 0.289 e. The van der Waals surface area contributed by atoms with Crippen molar-refractivity contribution in [1.82, 2.24) is 10.4 Å². The molecular weight excluding hydrogens is 384 g/mol. The summed E-state index contributed by atoms with van der Waals surface area (Å²) in [5.74, 6) is -0.469. The highest BCUT2D eigenvalue weighted by Crippen LogP contribution is 2.24. The molecule has 0 atom stereocenters. The second-order valence-corrected chi connectivity index (χ2v) is 5.19. The molecule has 9 nitrogen and oxygen atoms in total. The molecule has 0 fully saturated rings. The first-order chi connectivity index (χ1) is 10.4. The van der Waals surface area contributed by atoms with E-state index in [0.29, 0.717) is 18.4 Å². The zero-order valence-corrected chi connectivity index (χ0v) is 13.5. The van der Waals surface area contributed by atoms with E-state index in [-0.39, 0.29) is 11.4 Å². The lowest BCUT2D eigenvalue weighted by Gasteiger charge is -2.20. The fourth-order valence-electron chi connectivity index (χ4n) is 1.61. The highest BCUT2D eigenvalue weighted by molar-refractivity contribution is 9.09. The Balaban J connectivity index is 3.06. The number of hydrazine groups is 1. The Morgan fingerprint density at radius 3 is 2.45 bits per heavy atom. The zero-order valence-electron chi connectivity index (χ0n) is 11.2. The molecule has 1 aromatic carbocycles. The molecule has 1 N–H and O–H groups in total. The number of nitro groups is 2. The number of nitro benzene ring substituents is 2. The minimum atomic E-state index is -0.835. The van der Waals surface area contributed by atoms with Crippen LogP contribution < -0.4 is 5.43 Å². The quantitative estimate of drug-likeness (QED) is 0.409. The summed E-state index contributed by atoms with van der Waals surface area (Å²) < 4.78 is 0. The Labute approximate surface area is 138 Å². The Kier molecular flexibility index (Phi) is 7.15. The van der Waals surface area contributed by atoms with Gasteiger partial charge in [0.05, 0.1) is 15.9 Å². The number of alkyl halides is 2. The Hall–Kier alpha value is -1.78. The molecule has 1 amide bonds. The van der Waals surface area contributed by atoms with Gasteiger partial charge < -0.3 is 0 Å². The Morgan fingerprint density at radius 2 is 1.95 bits per heavy atom. The highest BCUT2D eigenvalue weighted by Gasteiger charge is 2.25. The van der Waals surface area contributed by atoms with Gasteiger partial charge in [0.15, 0.2) is 0 Å². The molecule has 1 aromatic rings. The van der Waals surface area contributed by atoms with Crippen molar-refractivity contribution in [3.8, 4) is 0 Å². The van der Waals surface area contributed by atoms with Crippen LogP contribution in [0.25, 0.3) is 0 Å². The first-order valence-corrected chi connectivity index (χ1v) is 7.67. The van der Waals surface area contributed by atoms with Crippen molar-refractivity contribution in [2.45, 2.75) is 0 Å². The van der Waals surface area contributed by atoms with Gasteiger partial charge in [0.1, 0.15) is 5.56 Å².